The predicted molar refractivity (Wildman–Crippen MR) is 128 cm³/mol. The normalized spacial score (nSPS) is 10.9. The second kappa shape index (κ2) is 10.5. The molecule has 2 amide bonds. The molecule has 0 saturated heterocycles. The number of hydrogen-bond donors (Lipinski definition) is 1. The summed E-state index contributed by atoms with van der Waals surface area (Å²) in [7, 11) is 1.60. The van der Waals surface area contributed by atoms with Gasteiger partial charge in [0, 0.05) is 13.6 Å². The van der Waals surface area contributed by atoms with Gasteiger partial charge in [0.2, 0.25) is 11.8 Å². The lowest BCUT2D eigenvalue weighted by atomic mass is 10.1. The zero-order valence-corrected chi connectivity index (χ0v) is 19.7. The zero-order chi connectivity index (χ0) is 23.3. The maximum atomic E-state index is 13.4. The van der Waals surface area contributed by atoms with E-state index in [1.54, 1.807) is 23.7 Å². The first-order valence-corrected chi connectivity index (χ1v) is 11.5. The number of amides is 2. The van der Waals surface area contributed by atoms with Gasteiger partial charge in [-0.2, -0.15) is 0 Å². The van der Waals surface area contributed by atoms with Gasteiger partial charge in [0.1, 0.15) is 0 Å². The fourth-order valence-corrected chi connectivity index (χ4v) is 4.28. The molecule has 3 rings (SSSR count). The van der Waals surface area contributed by atoms with Gasteiger partial charge in [0.25, 0.3) is 5.56 Å². The minimum atomic E-state index is -0.212. The van der Waals surface area contributed by atoms with Crippen LogP contribution < -0.4 is 10.9 Å². The van der Waals surface area contributed by atoms with Crippen LogP contribution in [0.1, 0.15) is 24.5 Å². The van der Waals surface area contributed by atoms with Crippen molar-refractivity contribution >= 4 is 34.5 Å². The molecule has 0 aliphatic rings. The van der Waals surface area contributed by atoms with E-state index in [-0.39, 0.29) is 29.7 Å². The highest BCUT2D eigenvalue weighted by molar-refractivity contribution is 7.99. The van der Waals surface area contributed by atoms with Gasteiger partial charge in [-0.1, -0.05) is 48.5 Å². The Labute approximate surface area is 191 Å². The van der Waals surface area contributed by atoms with Crippen LogP contribution >= 0.6 is 11.8 Å². The van der Waals surface area contributed by atoms with Crippen LogP contribution in [0.5, 0.6) is 0 Å². The number of nitrogens with one attached hydrogen (secondary N) is 1. The standard InChI is InChI=1S/C24H28N4O3S/c1-5-12-25-21(29)14-27(4)22(30)15-32-24-26-19-9-7-6-8-18(19)23(31)28(24)20-11-10-16(2)13-17(20)3/h6-11,13H,5,12,14-15H2,1-4H3,(H,25,29). The molecule has 168 valence electrons. The predicted octanol–water partition coefficient (Wildman–Crippen LogP) is 3.08. The average Bonchev–Trinajstić information content (AvgIpc) is 2.77. The smallest absolute Gasteiger partial charge is 0.266 e. The zero-order valence-electron chi connectivity index (χ0n) is 18.8. The number of carbonyl (C=O) groups is 2. The number of thioether (sulfide) groups is 1. The molecule has 0 spiro atoms. The van der Waals surface area contributed by atoms with Crippen molar-refractivity contribution in [1.29, 1.82) is 0 Å². The number of aryl methyl sites for hydroxylation is 2. The number of fused-ring (bicyclic) bond motifs is 1. The van der Waals surface area contributed by atoms with Crippen LogP contribution in [-0.4, -0.2) is 52.2 Å². The van der Waals surface area contributed by atoms with E-state index in [0.717, 1.165) is 23.2 Å². The number of nitrogens with zero attached hydrogens (tertiary/aromatic N) is 3. The monoisotopic (exact) mass is 452 g/mol. The molecule has 7 nitrogen and oxygen atoms in total. The molecule has 8 heteroatoms. The van der Waals surface area contributed by atoms with Crippen LogP contribution in [0.4, 0.5) is 0 Å². The molecule has 0 unspecified atom stereocenters. The number of hydrogen-bond acceptors (Lipinski definition) is 5. The average molecular weight is 453 g/mol. The maximum Gasteiger partial charge on any atom is 0.266 e. The summed E-state index contributed by atoms with van der Waals surface area (Å²) in [4.78, 5) is 44.0. The van der Waals surface area contributed by atoms with Crippen LogP contribution in [0.25, 0.3) is 16.6 Å². The molecule has 0 aliphatic heterocycles. The summed E-state index contributed by atoms with van der Waals surface area (Å²) < 4.78 is 1.57. The van der Waals surface area contributed by atoms with Gasteiger partial charge in [-0.15, -0.1) is 0 Å². The summed E-state index contributed by atoms with van der Waals surface area (Å²) in [5, 5.41) is 3.73. The third kappa shape index (κ3) is 5.37. The highest BCUT2D eigenvalue weighted by Gasteiger charge is 2.18. The molecule has 0 atom stereocenters. The van der Waals surface area contributed by atoms with Gasteiger partial charge in [-0.05, 0) is 44.0 Å². The van der Waals surface area contributed by atoms with Gasteiger partial charge in [-0.3, -0.25) is 19.0 Å². The van der Waals surface area contributed by atoms with Gasteiger partial charge in [0.15, 0.2) is 5.16 Å². The van der Waals surface area contributed by atoms with E-state index in [4.69, 9.17) is 0 Å². The molecule has 0 fully saturated rings. The van der Waals surface area contributed by atoms with Crippen molar-refractivity contribution in [3.8, 4) is 5.69 Å². The molecule has 1 N–H and O–H groups in total. The van der Waals surface area contributed by atoms with Crippen molar-refractivity contribution in [2.75, 3.05) is 25.9 Å². The highest BCUT2D eigenvalue weighted by atomic mass is 32.2. The van der Waals surface area contributed by atoms with Crippen LogP contribution in [0.15, 0.2) is 52.4 Å². The largest absolute Gasteiger partial charge is 0.355 e. The molecular weight excluding hydrogens is 424 g/mol. The fraction of sp³-hybridized carbons (Fsp3) is 0.333. The summed E-state index contributed by atoms with van der Waals surface area (Å²) >= 11 is 1.19. The van der Waals surface area contributed by atoms with Crippen molar-refractivity contribution in [3.63, 3.8) is 0 Å². The molecule has 0 saturated carbocycles. The Balaban J connectivity index is 1.91. The summed E-state index contributed by atoms with van der Waals surface area (Å²) in [6, 6.07) is 13.1. The van der Waals surface area contributed by atoms with E-state index in [0.29, 0.717) is 22.6 Å². The van der Waals surface area contributed by atoms with E-state index >= 15 is 0 Å². The maximum absolute atomic E-state index is 13.4. The van der Waals surface area contributed by atoms with Crippen LogP contribution in [0.3, 0.4) is 0 Å². The van der Waals surface area contributed by atoms with Crippen LogP contribution in [-0.2, 0) is 9.59 Å². The van der Waals surface area contributed by atoms with Crippen molar-refractivity contribution in [2.24, 2.45) is 0 Å². The Bertz CT molecular complexity index is 1210. The lowest BCUT2D eigenvalue weighted by Gasteiger charge is -2.18. The molecule has 0 bridgehead atoms. The minimum absolute atomic E-state index is 0.00554. The molecule has 3 aromatic rings. The Morgan fingerprint density at radius 1 is 1.16 bits per heavy atom. The molecule has 2 aromatic carbocycles. The summed E-state index contributed by atoms with van der Waals surface area (Å²) in [5.41, 5.74) is 3.19. The number of para-hydroxylation sites is 1. The van der Waals surface area contributed by atoms with Crippen LogP contribution in [0.2, 0.25) is 0 Å². The molecule has 0 aliphatic carbocycles. The first kappa shape index (κ1) is 23.5. The summed E-state index contributed by atoms with van der Waals surface area (Å²) in [6.07, 6.45) is 0.836. The van der Waals surface area contributed by atoms with Crippen molar-refractivity contribution in [2.45, 2.75) is 32.3 Å². The number of aromatic nitrogens is 2. The van der Waals surface area contributed by atoms with E-state index in [2.05, 4.69) is 10.3 Å². The SMILES string of the molecule is CCCNC(=O)CN(C)C(=O)CSc1nc2ccccc2c(=O)n1-c1ccc(C)cc1C. The fourth-order valence-electron chi connectivity index (χ4n) is 3.34. The van der Waals surface area contributed by atoms with Crippen molar-refractivity contribution in [3.05, 3.63) is 63.9 Å². The number of likely N-dealkylation sites (N-methyl/N-ethyl adjacent to an activating group) is 1. The quantitative estimate of drug-likeness (QED) is 0.419. The Morgan fingerprint density at radius 3 is 2.62 bits per heavy atom. The van der Waals surface area contributed by atoms with Gasteiger partial charge >= 0.3 is 0 Å². The third-order valence-corrected chi connectivity index (χ3v) is 5.96. The second-order valence-corrected chi connectivity index (χ2v) is 8.67. The minimum Gasteiger partial charge on any atom is -0.355 e. The molecule has 1 heterocycles. The van der Waals surface area contributed by atoms with Crippen molar-refractivity contribution < 1.29 is 9.59 Å². The number of carbonyl (C=O) groups excluding carboxylic acids is 2. The molecular formula is C24H28N4O3S. The summed E-state index contributed by atoms with van der Waals surface area (Å²) in [6.45, 7) is 6.50. The van der Waals surface area contributed by atoms with Gasteiger partial charge in [0.05, 0.1) is 28.9 Å². The number of benzene rings is 2. The van der Waals surface area contributed by atoms with E-state index in [1.807, 2.05) is 51.1 Å². The van der Waals surface area contributed by atoms with Gasteiger partial charge < -0.3 is 10.2 Å². The first-order chi connectivity index (χ1) is 15.3. The Kier molecular flexibility index (Phi) is 7.69. The van der Waals surface area contributed by atoms with Crippen molar-refractivity contribution in [1.82, 2.24) is 19.8 Å². The van der Waals surface area contributed by atoms with E-state index in [1.165, 1.54) is 16.7 Å². The topological polar surface area (TPSA) is 84.3 Å². The van der Waals surface area contributed by atoms with E-state index in [9.17, 15) is 14.4 Å². The number of rotatable bonds is 8. The van der Waals surface area contributed by atoms with Gasteiger partial charge in [-0.25, -0.2) is 4.98 Å². The lowest BCUT2D eigenvalue weighted by Crippen LogP contribution is -2.39. The third-order valence-electron chi connectivity index (χ3n) is 5.04. The van der Waals surface area contributed by atoms with E-state index < -0.39 is 0 Å². The molecule has 1 aromatic heterocycles. The second-order valence-electron chi connectivity index (χ2n) is 7.73. The summed E-state index contributed by atoms with van der Waals surface area (Å²) in [5.74, 6) is -0.340. The Hall–Kier alpha value is -3.13. The Morgan fingerprint density at radius 2 is 1.91 bits per heavy atom. The van der Waals surface area contributed by atoms with Crippen LogP contribution in [0, 0.1) is 13.8 Å². The highest BCUT2D eigenvalue weighted by Crippen LogP contribution is 2.24. The lowest BCUT2D eigenvalue weighted by molar-refractivity contribution is -0.132. The molecule has 32 heavy (non-hydrogen) atoms. The first-order valence-electron chi connectivity index (χ1n) is 10.5. The molecule has 0 radical (unpaired) electrons.